The number of rotatable bonds is 4. The topological polar surface area (TPSA) is 78.4 Å². The first-order valence-corrected chi connectivity index (χ1v) is 8.55. The van der Waals surface area contributed by atoms with E-state index in [1.165, 1.54) is 6.20 Å². The summed E-state index contributed by atoms with van der Waals surface area (Å²) in [6, 6.07) is 18.0. The normalized spacial score (nSPS) is 13.7. The van der Waals surface area contributed by atoms with Crippen LogP contribution in [0, 0.1) is 0 Å². The Morgan fingerprint density at radius 2 is 1.67 bits per heavy atom. The minimum absolute atomic E-state index is 0.112. The van der Waals surface area contributed by atoms with E-state index in [0.717, 1.165) is 5.69 Å². The van der Waals surface area contributed by atoms with Gasteiger partial charge in [-0.05, 0) is 36.4 Å². The summed E-state index contributed by atoms with van der Waals surface area (Å²) < 4.78 is 0. The van der Waals surface area contributed by atoms with Crippen LogP contribution in [0.3, 0.4) is 0 Å². The van der Waals surface area contributed by atoms with Crippen LogP contribution in [-0.2, 0) is 0 Å². The molecular formula is C20H17N5O2. The Balaban J connectivity index is 1.45. The fourth-order valence-electron chi connectivity index (χ4n) is 2.91. The number of urea groups is 1. The molecule has 7 nitrogen and oxygen atoms in total. The van der Waals surface area contributed by atoms with E-state index < -0.39 is 0 Å². The number of hydrogen-bond acceptors (Lipinski definition) is 4. The van der Waals surface area contributed by atoms with Crippen LogP contribution in [0.15, 0.2) is 73.1 Å². The Bertz CT molecular complexity index is 945. The van der Waals surface area contributed by atoms with Crippen LogP contribution >= 0.6 is 0 Å². The maximum atomic E-state index is 12.7. The van der Waals surface area contributed by atoms with E-state index in [-0.39, 0.29) is 11.9 Å². The molecule has 1 aliphatic rings. The van der Waals surface area contributed by atoms with Crippen molar-refractivity contribution < 1.29 is 9.59 Å². The molecule has 3 amide bonds. The zero-order valence-corrected chi connectivity index (χ0v) is 14.4. The summed E-state index contributed by atoms with van der Waals surface area (Å²) in [4.78, 5) is 36.5. The summed E-state index contributed by atoms with van der Waals surface area (Å²) in [5.41, 5.74) is 1.74. The van der Waals surface area contributed by atoms with Gasteiger partial charge in [-0.1, -0.05) is 24.3 Å². The van der Waals surface area contributed by atoms with Crippen molar-refractivity contribution in [1.29, 1.82) is 0 Å². The molecule has 2 aromatic heterocycles. The molecule has 0 atom stereocenters. The Labute approximate surface area is 156 Å². The van der Waals surface area contributed by atoms with E-state index in [0.29, 0.717) is 30.3 Å². The Morgan fingerprint density at radius 1 is 0.889 bits per heavy atom. The van der Waals surface area contributed by atoms with Gasteiger partial charge in [0.25, 0.3) is 5.91 Å². The van der Waals surface area contributed by atoms with Crippen LogP contribution < -0.4 is 15.1 Å². The summed E-state index contributed by atoms with van der Waals surface area (Å²) in [6.07, 6.45) is 3.10. The molecule has 1 fully saturated rings. The number of amides is 3. The number of nitrogens with one attached hydrogen (secondary N) is 1. The van der Waals surface area contributed by atoms with Crippen LogP contribution in [0.4, 0.5) is 22.0 Å². The molecule has 134 valence electrons. The van der Waals surface area contributed by atoms with Crippen molar-refractivity contribution in [1.82, 2.24) is 9.97 Å². The third-order valence-electron chi connectivity index (χ3n) is 4.26. The molecule has 4 rings (SSSR count). The van der Waals surface area contributed by atoms with Crippen molar-refractivity contribution in [3.05, 3.63) is 78.8 Å². The number of para-hydroxylation sites is 1. The van der Waals surface area contributed by atoms with Crippen LogP contribution in [0.5, 0.6) is 0 Å². The third kappa shape index (κ3) is 3.48. The quantitative estimate of drug-likeness (QED) is 0.776. The summed E-state index contributed by atoms with van der Waals surface area (Å²) in [5.74, 6) is 0.243. The second-order valence-electron chi connectivity index (χ2n) is 6.00. The van der Waals surface area contributed by atoms with Crippen LogP contribution in [0.1, 0.15) is 10.5 Å². The van der Waals surface area contributed by atoms with E-state index in [1.54, 1.807) is 46.3 Å². The second kappa shape index (κ2) is 7.25. The van der Waals surface area contributed by atoms with Crippen molar-refractivity contribution in [2.24, 2.45) is 0 Å². The maximum Gasteiger partial charge on any atom is 0.330 e. The number of hydrogen-bond donors (Lipinski definition) is 1. The Morgan fingerprint density at radius 3 is 2.37 bits per heavy atom. The molecule has 3 heterocycles. The smallest absolute Gasteiger partial charge is 0.319 e. The average Bonchev–Trinajstić information content (AvgIpc) is 3.11. The molecule has 1 aliphatic heterocycles. The lowest BCUT2D eigenvalue weighted by Gasteiger charge is -2.18. The van der Waals surface area contributed by atoms with Crippen LogP contribution in [0.25, 0.3) is 0 Å². The number of benzene rings is 1. The lowest BCUT2D eigenvalue weighted by atomic mass is 10.3. The van der Waals surface area contributed by atoms with Crippen molar-refractivity contribution in [2.45, 2.75) is 0 Å². The predicted octanol–water partition coefficient (Wildman–Crippen LogP) is 3.18. The third-order valence-corrected chi connectivity index (χ3v) is 4.26. The number of carbonyl (C=O) groups excluding carboxylic acids is 2. The zero-order chi connectivity index (χ0) is 18.6. The Kier molecular flexibility index (Phi) is 4.49. The molecule has 0 saturated carbocycles. The predicted molar refractivity (Wildman–Crippen MR) is 103 cm³/mol. The summed E-state index contributed by atoms with van der Waals surface area (Å²) in [7, 11) is 0. The van der Waals surface area contributed by atoms with E-state index in [2.05, 4.69) is 15.3 Å². The van der Waals surface area contributed by atoms with Gasteiger partial charge < -0.3 is 5.32 Å². The van der Waals surface area contributed by atoms with Gasteiger partial charge in [0.2, 0.25) is 0 Å². The van der Waals surface area contributed by atoms with Crippen LogP contribution in [0.2, 0.25) is 0 Å². The van der Waals surface area contributed by atoms with Crippen molar-refractivity contribution in [3.8, 4) is 0 Å². The van der Waals surface area contributed by atoms with Gasteiger partial charge in [0.15, 0.2) is 0 Å². The Hall–Kier alpha value is -3.74. The highest BCUT2D eigenvalue weighted by atomic mass is 16.2. The van der Waals surface area contributed by atoms with Crippen molar-refractivity contribution in [2.75, 3.05) is 28.2 Å². The summed E-state index contributed by atoms with van der Waals surface area (Å²) >= 11 is 0. The van der Waals surface area contributed by atoms with Gasteiger partial charge in [0.05, 0.1) is 11.9 Å². The largest absolute Gasteiger partial charge is 0.330 e. The van der Waals surface area contributed by atoms with Gasteiger partial charge in [-0.3, -0.25) is 19.6 Å². The summed E-state index contributed by atoms with van der Waals surface area (Å²) in [6.45, 7) is 1.16. The van der Waals surface area contributed by atoms with Gasteiger partial charge >= 0.3 is 6.03 Å². The number of carbonyl (C=O) groups is 2. The molecule has 0 unspecified atom stereocenters. The van der Waals surface area contributed by atoms with E-state index >= 15 is 0 Å². The van der Waals surface area contributed by atoms with Gasteiger partial charge in [-0.2, -0.15) is 0 Å². The van der Waals surface area contributed by atoms with E-state index in [9.17, 15) is 9.59 Å². The lowest BCUT2D eigenvalue weighted by molar-refractivity contribution is 0.102. The fourth-order valence-corrected chi connectivity index (χ4v) is 2.91. The first-order valence-electron chi connectivity index (χ1n) is 8.55. The number of nitrogens with zero attached hydrogens (tertiary/aromatic N) is 4. The van der Waals surface area contributed by atoms with Gasteiger partial charge in [0.1, 0.15) is 11.5 Å². The lowest BCUT2D eigenvalue weighted by Crippen LogP contribution is -2.32. The highest BCUT2D eigenvalue weighted by Crippen LogP contribution is 2.24. The molecular weight excluding hydrogens is 342 g/mol. The van der Waals surface area contributed by atoms with Gasteiger partial charge in [0, 0.05) is 25.0 Å². The maximum absolute atomic E-state index is 12.7. The molecule has 0 spiro atoms. The first kappa shape index (κ1) is 16.7. The van der Waals surface area contributed by atoms with Gasteiger partial charge in [-0.25, -0.2) is 9.78 Å². The molecule has 0 radical (unpaired) electrons. The summed E-state index contributed by atoms with van der Waals surface area (Å²) in [5, 5.41) is 2.74. The van der Waals surface area contributed by atoms with E-state index in [1.807, 2.05) is 30.3 Å². The average molecular weight is 359 g/mol. The zero-order valence-electron chi connectivity index (χ0n) is 14.4. The van der Waals surface area contributed by atoms with E-state index in [4.69, 9.17) is 0 Å². The standard InChI is InChI=1S/C20H17N5O2/c26-19(17-8-4-5-11-21-17)23-15-9-10-18(22-14-15)25-13-12-24(20(25)27)16-6-2-1-3-7-16/h1-11,14H,12-13H2,(H,23,26). The fraction of sp³-hybridized carbons (Fsp3) is 0.100. The van der Waals surface area contributed by atoms with Gasteiger partial charge in [-0.15, -0.1) is 0 Å². The monoisotopic (exact) mass is 359 g/mol. The minimum atomic E-state index is -0.308. The molecule has 0 aliphatic carbocycles. The van der Waals surface area contributed by atoms with Crippen molar-refractivity contribution >= 4 is 29.1 Å². The SMILES string of the molecule is O=C(Nc1ccc(N2CCN(c3ccccc3)C2=O)nc1)c1ccccn1. The molecule has 0 bridgehead atoms. The second-order valence-corrected chi connectivity index (χ2v) is 6.00. The molecule has 1 N–H and O–H groups in total. The number of pyridine rings is 2. The molecule has 1 saturated heterocycles. The molecule has 27 heavy (non-hydrogen) atoms. The first-order chi connectivity index (χ1) is 13.2. The van der Waals surface area contributed by atoms with Crippen molar-refractivity contribution in [3.63, 3.8) is 0 Å². The number of anilines is 3. The molecule has 7 heteroatoms. The molecule has 3 aromatic rings. The minimum Gasteiger partial charge on any atom is -0.319 e. The van der Waals surface area contributed by atoms with Crippen LogP contribution in [-0.4, -0.2) is 35.0 Å². The highest BCUT2D eigenvalue weighted by molar-refractivity contribution is 6.06. The highest BCUT2D eigenvalue weighted by Gasteiger charge is 2.31. The number of aromatic nitrogens is 2. The molecule has 1 aromatic carbocycles.